The average molecular weight is 397 g/mol. The predicted molar refractivity (Wildman–Crippen MR) is 113 cm³/mol. The number of hydrogen-bond donors (Lipinski definition) is 2. The summed E-state index contributed by atoms with van der Waals surface area (Å²) < 4.78 is 7.42. The van der Waals surface area contributed by atoms with Crippen molar-refractivity contribution >= 4 is 17.7 Å². The molecule has 0 aromatic carbocycles. The molecule has 1 aromatic rings. The maximum atomic E-state index is 5.43. The molecule has 7 nitrogen and oxygen atoms in total. The van der Waals surface area contributed by atoms with Gasteiger partial charge in [-0.2, -0.15) is 11.8 Å². The number of rotatable bonds is 10. The van der Waals surface area contributed by atoms with E-state index in [2.05, 4.69) is 39.5 Å². The van der Waals surface area contributed by atoms with Gasteiger partial charge in [0.15, 0.2) is 11.8 Å². The molecule has 0 spiro atoms. The van der Waals surface area contributed by atoms with E-state index in [4.69, 9.17) is 9.73 Å². The fourth-order valence-electron chi connectivity index (χ4n) is 3.27. The minimum Gasteiger partial charge on any atom is -0.382 e. The highest BCUT2D eigenvalue weighted by Crippen LogP contribution is 2.28. The van der Waals surface area contributed by atoms with Gasteiger partial charge in [-0.25, -0.2) is 4.99 Å². The molecule has 2 unspecified atom stereocenters. The Morgan fingerprint density at radius 2 is 2.19 bits per heavy atom. The lowest BCUT2D eigenvalue weighted by Gasteiger charge is -2.30. The largest absolute Gasteiger partial charge is 0.382 e. The number of aliphatic imine (C=N–C) groups is 1. The summed E-state index contributed by atoms with van der Waals surface area (Å²) in [5, 5.41) is 16.2. The Hall–Kier alpha value is -1.28. The number of hydrogen-bond acceptors (Lipinski definition) is 5. The maximum Gasteiger partial charge on any atom is 0.191 e. The average Bonchev–Trinajstić information content (AvgIpc) is 2.98. The van der Waals surface area contributed by atoms with Crippen molar-refractivity contribution in [2.75, 3.05) is 25.5 Å². The highest BCUT2D eigenvalue weighted by molar-refractivity contribution is 7.99. The quantitative estimate of drug-likeness (QED) is 0.360. The molecule has 2 atom stereocenters. The fraction of sp³-hybridized carbons (Fsp3) is 0.842. The Morgan fingerprint density at radius 3 is 2.89 bits per heavy atom. The third-order valence-corrected chi connectivity index (χ3v) is 6.13. The molecular formula is C19H36N6OS. The summed E-state index contributed by atoms with van der Waals surface area (Å²) in [5.74, 6) is 3.86. The summed E-state index contributed by atoms with van der Waals surface area (Å²) in [4.78, 5) is 4.77. The summed E-state index contributed by atoms with van der Waals surface area (Å²) in [6.45, 7) is 9.15. The first kappa shape index (κ1) is 22.0. The third kappa shape index (κ3) is 7.70. The maximum absolute atomic E-state index is 5.43. The second-order valence-electron chi connectivity index (χ2n) is 6.95. The Bertz CT molecular complexity index is 575. The molecule has 0 amide bonds. The molecule has 0 bridgehead atoms. The minimum atomic E-state index is 0.488. The summed E-state index contributed by atoms with van der Waals surface area (Å²) in [5.41, 5.74) is 0. The number of thioether (sulfide) groups is 1. The van der Waals surface area contributed by atoms with Gasteiger partial charge >= 0.3 is 0 Å². The summed E-state index contributed by atoms with van der Waals surface area (Å²) in [7, 11) is 1.98. The van der Waals surface area contributed by atoms with Gasteiger partial charge in [-0.15, -0.1) is 10.2 Å². The van der Waals surface area contributed by atoms with Crippen LogP contribution < -0.4 is 10.6 Å². The van der Waals surface area contributed by atoms with Crippen molar-refractivity contribution in [1.29, 1.82) is 0 Å². The van der Waals surface area contributed by atoms with Gasteiger partial charge in [0, 0.05) is 38.1 Å². The molecule has 8 heteroatoms. The third-order valence-electron chi connectivity index (χ3n) is 4.89. The van der Waals surface area contributed by atoms with Crippen molar-refractivity contribution in [1.82, 2.24) is 25.4 Å². The molecule has 154 valence electrons. The molecule has 1 saturated carbocycles. The molecule has 1 aliphatic rings. The molecule has 0 radical (unpaired) electrons. The molecule has 1 fully saturated rings. The lowest BCUT2D eigenvalue weighted by Crippen LogP contribution is -2.46. The van der Waals surface area contributed by atoms with Crippen LogP contribution in [0, 0.1) is 6.92 Å². The Labute approximate surface area is 168 Å². The van der Waals surface area contributed by atoms with Gasteiger partial charge in [0.05, 0.1) is 0 Å². The lowest BCUT2D eigenvalue weighted by atomic mass is 9.95. The van der Waals surface area contributed by atoms with Crippen molar-refractivity contribution < 1.29 is 4.74 Å². The minimum absolute atomic E-state index is 0.488. The van der Waals surface area contributed by atoms with Crippen LogP contribution in [-0.2, 0) is 18.3 Å². The first-order chi connectivity index (χ1) is 13.1. The first-order valence-electron chi connectivity index (χ1n) is 10.2. The molecule has 2 rings (SSSR count). The predicted octanol–water partition coefficient (Wildman–Crippen LogP) is 2.65. The van der Waals surface area contributed by atoms with E-state index in [0.717, 1.165) is 49.0 Å². The van der Waals surface area contributed by atoms with Crippen LogP contribution in [0.5, 0.6) is 0 Å². The zero-order valence-electron chi connectivity index (χ0n) is 17.3. The van der Waals surface area contributed by atoms with Crippen molar-refractivity contribution in [3.05, 3.63) is 11.6 Å². The summed E-state index contributed by atoms with van der Waals surface area (Å²) >= 11 is 2.09. The Morgan fingerprint density at radius 1 is 1.33 bits per heavy atom. The van der Waals surface area contributed by atoms with Gasteiger partial charge in [-0.3, -0.25) is 0 Å². The Kier molecular flexibility index (Phi) is 9.97. The van der Waals surface area contributed by atoms with Gasteiger partial charge in [-0.1, -0.05) is 13.3 Å². The fourth-order valence-corrected chi connectivity index (χ4v) is 4.45. The summed E-state index contributed by atoms with van der Waals surface area (Å²) in [6, 6.07) is 0.488. The molecular weight excluding hydrogens is 360 g/mol. The SMILES string of the molecule is CCOCCCNC(=NCc1nnc(C)n1C)NC1CCCC(SCC)C1. The van der Waals surface area contributed by atoms with E-state index in [0.29, 0.717) is 12.6 Å². The zero-order chi connectivity index (χ0) is 19.5. The normalized spacial score (nSPS) is 20.7. The van der Waals surface area contributed by atoms with Gasteiger partial charge in [0.2, 0.25) is 0 Å². The molecule has 1 heterocycles. The molecule has 1 aliphatic carbocycles. The molecule has 2 N–H and O–H groups in total. The van der Waals surface area contributed by atoms with Crippen molar-refractivity contribution in [3.8, 4) is 0 Å². The van der Waals surface area contributed by atoms with Crippen molar-refractivity contribution in [3.63, 3.8) is 0 Å². The van der Waals surface area contributed by atoms with E-state index in [-0.39, 0.29) is 0 Å². The number of nitrogens with one attached hydrogen (secondary N) is 2. The van der Waals surface area contributed by atoms with Crippen LogP contribution in [0.25, 0.3) is 0 Å². The van der Waals surface area contributed by atoms with Crippen LogP contribution in [0.4, 0.5) is 0 Å². The van der Waals surface area contributed by atoms with E-state index in [9.17, 15) is 0 Å². The van der Waals surface area contributed by atoms with E-state index in [1.807, 2.05) is 25.5 Å². The Balaban J connectivity index is 1.93. The van der Waals surface area contributed by atoms with Gasteiger partial charge < -0.3 is 19.9 Å². The van der Waals surface area contributed by atoms with Gasteiger partial charge in [0.1, 0.15) is 12.4 Å². The first-order valence-corrected chi connectivity index (χ1v) is 11.3. The van der Waals surface area contributed by atoms with Crippen LogP contribution in [0.2, 0.25) is 0 Å². The standard InChI is InChI=1S/C19H36N6OS/c1-5-26-12-8-11-20-19(21-14-18-24-23-15(3)25(18)4)22-16-9-7-10-17(13-16)27-6-2/h16-17H,5-14H2,1-4H3,(H2,20,21,22). The van der Waals surface area contributed by atoms with Crippen molar-refractivity contribution in [2.24, 2.45) is 12.0 Å². The molecule has 1 aromatic heterocycles. The monoisotopic (exact) mass is 396 g/mol. The van der Waals surface area contributed by atoms with Crippen LogP contribution in [0.3, 0.4) is 0 Å². The molecule has 0 aliphatic heterocycles. The molecule has 0 saturated heterocycles. The van der Waals surface area contributed by atoms with Gasteiger partial charge in [0.25, 0.3) is 0 Å². The number of nitrogens with zero attached hydrogens (tertiary/aromatic N) is 4. The second-order valence-corrected chi connectivity index (χ2v) is 8.53. The van der Waals surface area contributed by atoms with E-state index in [1.165, 1.54) is 31.4 Å². The van der Waals surface area contributed by atoms with Crippen LogP contribution >= 0.6 is 11.8 Å². The van der Waals surface area contributed by atoms with E-state index in [1.54, 1.807) is 0 Å². The van der Waals surface area contributed by atoms with Crippen LogP contribution in [0.1, 0.15) is 57.6 Å². The number of ether oxygens (including phenoxy) is 1. The number of aromatic nitrogens is 3. The van der Waals surface area contributed by atoms with E-state index < -0.39 is 0 Å². The highest BCUT2D eigenvalue weighted by Gasteiger charge is 2.22. The second kappa shape index (κ2) is 12.2. The van der Waals surface area contributed by atoms with Crippen LogP contribution in [-0.4, -0.2) is 57.5 Å². The smallest absolute Gasteiger partial charge is 0.191 e. The number of guanidine groups is 1. The van der Waals surface area contributed by atoms with E-state index >= 15 is 0 Å². The molecule has 27 heavy (non-hydrogen) atoms. The lowest BCUT2D eigenvalue weighted by molar-refractivity contribution is 0.145. The van der Waals surface area contributed by atoms with Gasteiger partial charge in [-0.05, 0) is 45.3 Å². The highest BCUT2D eigenvalue weighted by atomic mass is 32.2. The number of aryl methyl sites for hydroxylation is 1. The summed E-state index contributed by atoms with van der Waals surface area (Å²) in [6.07, 6.45) is 6.01. The topological polar surface area (TPSA) is 76.4 Å². The van der Waals surface area contributed by atoms with Crippen molar-refractivity contribution in [2.45, 2.75) is 70.7 Å². The zero-order valence-corrected chi connectivity index (χ0v) is 18.1. The van der Waals surface area contributed by atoms with Crippen LogP contribution in [0.15, 0.2) is 4.99 Å².